The van der Waals surface area contributed by atoms with Crippen LogP contribution in [-0.2, 0) is 9.53 Å². The molecule has 3 aliphatic rings. The summed E-state index contributed by atoms with van der Waals surface area (Å²) in [4.78, 5) is 27.7. The van der Waals surface area contributed by atoms with Crippen molar-refractivity contribution in [3.63, 3.8) is 0 Å². The van der Waals surface area contributed by atoms with E-state index in [9.17, 15) is 9.59 Å². The molecule has 2 N–H and O–H groups in total. The molecule has 0 radical (unpaired) electrons. The second kappa shape index (κ2) is 6.19. The highest BCUT2D eigenvalue weighted by atomic mass is 16.5. The number of aliphatic carboxylic acids is 1. The number of ether oxygens (including phenoxy) is 1. The van der Waals surface area contributed by atoms with Crippen molar-refractivity contribution in [1.29, 1.82) is 0 Å². The highest BCUT2D eigenvalue weighted by Crippen LogP contribution is 2.21. The van der Waals surface area contributed by atoms with Gasteiger partial charge >= 0.3 is 12.0 Å². The summed E-state index contributed by atoms with van der Waals surface area (Å²) in [6.07, 6.45) is 3.63. The van der Waals surface area contributed by atoms with Crippen LogP contribution in [0.5, 0.6) is 0 Å². The van der Waals surface area contributed by atoms with E-state index >= 15 is 0 Å². The molecule has 3 saturated heterocycles. The van der Waals surface area contributed by atoms with Gasteiger partial charge in [0.15, 0.2) is 0 Å². The van der Waals surface area contributed by atoms with Crippen molar-refractivity contribution in [3.8, 4) is 0 Å². The number of carbonyl (C=O) groups excluding carboxylic acids is 1. The largest absolute Gasteiger partial charge is 0.481 e. The molecule has 3 heterocycles. The summed E-state index contributed by atoms with van der Waals surface area (Å²) in [7, 11) is 0. The molecule has 3 aliphatic heterocycles. The molecule has 118 valence electrons. The van der Waals surface area contributed by atoms with E-state index in [0.29, 0.717) is 12.6 Å². The number of carboxylic acids is 1. The first-order valence-corrected chi connectivity index (χ1v) is 7.75. The first-order valence-electron chi connectivity index (χ1n) is 7.75. The maximum atomic E-state index is 12.3. The maximum absolute atomic E-state index is 12.3. The Labute approximate surface area is 124 Å². The van der Waals surface area contributed by atoms with Crippen molar-refractivity contribution in [2.24, 2.45) is 5.92 Å². The Kier molecular flexibility index (Phi) is 4.30. The van der Waals surface area contributed by atoms with Gasteiger partial charge in [-0.05, 0) is 19.4 Å². The van der Waals surface area contributed by atoms with Crippen molar-refractivity contribution in [3.05, 3.63) is 0 Å². The quantitative estimate of drug-likeness (QED) is 0.748. The number of piperidine rings is 1. The van der Waals surface area contributed by atoms with Crippen LogP contribution in [-0.4, -0.2) is 78.4 Å². The number of hydrogen-bond donors (Lipinski definition) is 2. The first-order chi connectivity index (χ1) is 10.1. The molecule has 0 spiro atoms. The third-order valence-electron chi connectivity index (χ3n) is 4.83. The van der Waals surface area contributed by atoms with Gasteiger partial charge in [0, 0.05) is 25.7 Å². The fourth-order valence-corrected chi connectivity index (χ4v) is 3.53. The molecule has 0 aromatic heterocycles. The molecule has 7 heteroatoms. The third kappa shape index (κ3) is 3.13. The van der Waals surface area contributed by atoms with E-state index in [1.807, 2.05) is 4.90 Å². The average Bonchev–Trinajstić information content (AvgIpc) is 2.95. The Balaban J connectivity index is 1.54. The minimum Gasteiger partial charge on any atom is -0.481 e. The van der Waals surface area contributed by atoms with Crippen LogP contribution in [0.1, 0.15) is 19.3 Å². The van der Waals surface area contributed by atoms with Gasteiger partial charge in [0.05, 0.1) is 19.3 Å². The lowest BCUT2D eigenvalue weighted by molar-refractivity contribution is -0.142. The van der Waals surface area contributed by atoms with Crippen LogP contribution in [0, 0.1) is 5.92 Å². The standard InChI is InChI=1S/C14H23N3O4/c18-13(19)11-8-21-9-12(11)15-14(20)17-6-5-16-4-2-1-3-10(16)7-17/h10-12H,1-9H2,(H,15,20)(H,18,19). The van der Waals surface area contributed by atoms with Crippen molar-refractivity contribution in [2.45, 2.75) is 31.3 Å². The second-order valence-electron chi connectivity index (χ2n) is 6.17. The number of rotatable bonds is 2. The van der Waals surface area contributed by atoms with E-state index in [0.717, 1.165) is 26.1 Å². The number of hydrogen-bond acceptors (Lipinski definition) is 4. The lowest BCUT2D eigenvalue weighted by Gasteiger charge is -2.44. The lowest BCUT2D eigenvalue weighted by atomic mass is 9.99. The predicted octanol–water partition coefficient (Wildman–Crippen LogP) is -0.0343. The fraction of sp³-hybridized carbons (Fsp3) is 0.857. The molecular formula is C14H23N3O4. The Morgan fingerprint density at radius 1 is 1.14 bits per heavy atom. The van der Waals surface area contributed by atoms with Crippen molar-refractivity contribution >= 4 is 12.0 Å². The number of carbonyl (C=O) groups is 2. The number of nitrogens with one attached hydrogen (secondary N) is 1. The van der Waals surface area contributed by atoms with E-state index in [2.05, 4.69) is 10.2 Å². The monoisotopic (exact) mass is 297 g/mol. The minimum absolute atomic E-state index is 0.151. The van der Waals surface area contributed by atoms with Gasteiger partial charge in [-0.2, -0.15) is 0 Å². The molecule has 7 nitrogen and oxygen atoms in total. The van der Waals surface area contributed by atoms with E-state index in [4.69, 9.17) is 9.84 Å². The summed E-state index contributed by atoms with van der Waals surface area (Å²) in [6, 6.07) is -0.102. The second-order valence-corrected chi connectivity index (χ2v) is 6.17. The highest BCUT2D eigenvalue weighted by Gasteiger charge is 2.37. The molecular weight excluding hydrogens is 274 g/mol. The van der Waals surface area contributed by atoms with Crippen molar-refractivity contribution in [2.75, 3.05) is 39.4 Å². The Morgan fingerprint density at radius 2 is 2.00 bits per heavy atom. The molecule has 3 rings (SSSR count). The van der Waals surface area contributed by atoms with Gasteiger partial charge in [-0.3, -0.25) is 9.69 Å². The lowest BCUT2D eigenvalue weighted by Crippen LogP contribution is -2.59. The van der Waals surface area contributed by atoms with Crippen molar-refractivity contribution in [1.82, 2.24) is 15.1 Å². The smallest absolute Gasteiger partial charge is 0.317 e. The van der Waals surface area contributed by atoms with Gasteiger partial charge in [0.1, 0.15) is 5.92 Å². The first kappa shape index (κ1) is 14.6. The zero-order valence-corrected chi connectivity index (χ0v) is 12.2. The molecule has 3 unspecified atom stereocenters. The van der Waals surface area contributed by atoms with Crippen LogP contribution in [0.2, 0.25) is 0 Å². The topological polar surface area (TPSA) is 82.1 Å². The van der Waals surface area contributed by atoms with Gasteiger partial charge in [-0.1, -0.05) is 6.42 Å². The Bertz CT molecular complexity index is 417. The van der Waals surface area contributed by atoms with Crippen LogP contribution in [0.15, 0.2) is 0 Å². The van der Waals surface area contributed by atoms with E-state index in [1.165, 1.54) is 12.8 Å². The summed E-state index contributed by atoms with van der Waals surface area (Å²) < 4.78 is 5.18. The third-order valence-corrected chi connectivity index (χ3v) is 4.83. The van der Waals surface area contributed by atoms with Crippen LogP contribution in [0.3, 0.4) is 0 Å². The summed E-state index contributed by atoms with van der Waals surface area (Å²) >= 11 is 0. The predicted molar refractivity (Wildman–Crippen MR) is 75.0 cm³/mol. The van der Waals surface area contributed by atoms with Crippen molar-refractivity contribution < 1.29 is 19.4 Å². The van der Waals surface area contributed by atoms with Gasteiger partial charge < -0.3 is 20.1 Å². The highest BCUT2D eigenvalue weighted by molar-refractivity contribution is 5.77. The summed E-state index contributed by atoms with van der Waals surface area (Å²) in [5, 5.41) is 11.9. The number of amides is 2. The summed E-state index contributed by atoms with van der Waals surface area (Å²) in [5.41, 5.74) is 0. The molecule has 3 atom stereocenters. The van der Waals surface area contributed by atoms with Gasteiger partial charge in [0.25, 0.3) is 0 Å². The van der Waals surface area contributed by atoms with Gasteiger partial charge in [-0.25, -0.2) is 4.79 Å². The van der Waals surface area contributed by atoms with Crippen LogP contribution in [0.4, 0.5) is 4.79 Å². The molecule has 2 amide bonds. The summed E-state index contributed by atoms with van der Waals surface area (Å²) in [5.74, 6) is -1.54. The van der Waals surface area contributed by atoms with E-state index in [-0.39, 0.29) is 19.2 Å². The number of carboxylic acid groups (broad SMARTS) is 1. The molecule has 3 fully saturated rings. The van der Waals surface area contributed by atoms with Crippen LogP contribution in [0.25, 0.3) is 0 Å². The van der Waals surface area contributed by atoms with Crippen LogP contribution < -0.4 is 5.32 Å². The molecule has 0 aliphatic carbocycles. The van der Waals surface area contributed by atoms with Crippen LogP contribution >= 0.6 is 0 Å². The van der Waals surface area contributed by atoms with Gasteiger partial charge in [0.2, 0.25) is 0 Å². The molecule has 0 bridgehead atoms. The SMILES string of the molecule is O=C(O)C1COCC1NC(=O)N1CCN2CCCCC2C1. The fourth-order valence-electron chi connectivity index (χ4n) is 3.53. The molecule has 21 heavy (non-hydrogen) atoms. The average molecular weight is 297 g/mol. The molecule has 0 aromatic carbocycles. The maximum Gasteiger partial charge on any atom is 0.317 e. The Morgan fingerprint density at radius 3 is 2.81 bits per heavy atom. The molecule has 0 saturated carbocycles. The number of nitrogens with zero attached hydrogens (tertiary/aromatic N) is 2. The Hall–Kier alpha value is -1.34. The summed E-state index contributed by atoms with van der Waals surface area (Å²) in [6.45, 7) is 3.98. The zero-order valence-electron chi connectivity index (χ0n) is 12.2. The van der Waals surface area contributed by atoms with Gasteiger partial charge in [-0.15, -0.1) is 0 Å². The van der Waals surface area contributed by atoms with E-state index < -0.39 is 17.9 Å². The normalized spacial score (nSPS) is 33.5. The zero-order chi connectivity index (χ0) is 14.8. The van der Waals surface area contributed by atoms with E-state index in [1.54, 1.807) is 0 Å². The molecule has 0 aromatic rings. The number of piperazine rings is 1. The number of fused-ring (bicyclic) bond motifs is 1. The minimum atomic E-state index is -0.908. The number of urea groups is 1.